The van der Waals surface area contributed by atoms with Crippen molar-refractivity contribution in [1.82, 2.24) is 10.3 Å². The second-order valence-electron chi connectivity index (χ2n) is 6.68. The van der Waals surface area contributed by atoms with Crippen LogP contribution in [0.5, 0.6) is 5.75 Å². The maximum atomic E-state index is 12.4. The summed E-state index contributed by atoms with van der Waals surface area (Å²) in [6.07, 6.45) is 9.45. The lowest BCUT2D eigenvalue weighted by Gasteiger charge is -2.09. The number of thiophene rings is 1. The fraction of sp³-hybridized carbons (Fsp3) is 0.304. The van der Waals surface area contributed by atoms with Crippen molar-refractivity contribution in [2.24, 2.45) is 0 Å². The standard InChI is InChI=1S/C23H26N2O2S/c1-2-3-4-5-6-7-14-27-20-12-8-10-18(15-20)17-25-22(26)21-16-19-11-9-13-24-23(19)28-21/h2,8-13,15-16H,1,3-7,14,17H2,(H,25,26). The molecule has 28 heavy (non-hydrogen) atoms. The Morgan fingerprint density at radius 2 is 2.04 bits per heavy atom. The minimum atomic E-state index is -0.0751. The highest BCUT2D eigenvalue weighted by Crippen LogP contribution is 2.23. The van der Waals surface area contributed by atoms with Gasteiger partial charge in [-0.25, -0.2) is 4.98 Å². The zero-order chi connectivity index (χ0) is 19.6. The fourth-order valence-electron chi connectivity index (χ4n) is 2.93. The maximum absolute atomic E-state index is 12.4. The van der Waals surface area contributed by atoms with Gasteiger partial charge in [0.2, 0.25) is 0 Å². The van der Waals surface area contributed by atoms with Gasteiger partial charge in [0.15, 0.2) is 0 Å². The van der Waals surface area contributed by atoms with Crippen LogP contribution in [-0.4, -0.2) is 17.5 Å². The lowest BCUT2D eigenvalue weighted by molar-refractivity contribution is 0.0955. The number of benzene rings is 1. The number of carbonyl (C=O) groups is 1. The molecule has 3 rings (SSSR count). The summed E-state index contributed by atoms with van der Waals surface area (Å²) in [4.78, 5) is 18.3. The molecule has 0 bridgehead atoms. The molecule has 1 N–H and O–H groups in total. The van der Waals surface area contributed by atoms with Crippen LogP contribution in [0.4, 0.5) is 0 Å². The molecule has 1 aromatic carbocycles. The molecule has 0 aliphatic heterocycles. The van der Waals surface area contributed by atoms with Crippen LogP contribution in [0.25, 0.3) is 10.2 Å². The molecule has 0 saturated heterocycles. The number of aromatic nitrogens is 1. The van der Waals surface area contributed by atoms with Gasteiger partial charge in [-0.2, -0.15) is 0 Å². The number of hydrogen-bond acceptors (Lipinski definition) is 4. The second-order valence-corrected chi connectivity index (χ2v) is 7.71. The summed E-state index contributed by atoms with van der Waals surface area (Å²) in [5.74, 6) is 0.776. The number of rotatable bonds is 11. The molecule has 0 atom stereocenters. The topological polar surface area (TPSA) is 51.2 Å². The predicted molar refractivity (Wildman–Crippen MR) is 116 cm³/mol. The number of nitrogens with one attached hydrogen (secondary N) is 1. The van der Waals surface area contributed by atoms with E-state index in [0.29, 0.717) is 11.4 Å². The smallest absolute Gasteiger partial charge is 0.261 e. The van der Waals surface area contributed by atoms with Crippen molar-refractivity contribution in [3.63, 3.8) is 0 Å². The van der Waals surface area contributed by atoms with Crippen LogP contribution in [0.1, 0.15) is 47.3 Å². The van der Waals surface area contributed by atoms with Gasteiger partial charge in [-0.1, -0.05) is 37.1 Å². The molecule has 0 spiro atoms. The third-order valence-corrected chi connectivity index (χ3v) is 5.50. The molecule has 0 aliphatic carbocycles. The van der Waals surface area contributed by atoms with Gasteiger partial charge in [0.25, 0.3) is 5.91 Å². The van der Waals surface area contributed by atoms with E-state index in [0.717, 1.165) is 41.0 Å². The highest BCUT2D eigenvalue weighted by molar-refractivity contribution is 7.20. The van der Waals surface area contributed by atoms with Crippen LogP contribution in [0, 0.1) is 0 Å². The van der Waals surface area contributed by atoms with E-state index in [9.17, 15) is 4.79 Å². The molecular weight excluding hydrogens is 368 g/mol. The molecule has 0 fully saturated rings. The Labute approximate surface area is 170 Å². The zero-order valence-electron chi connectivity index (χ0n) is 16.0. The molecule has 146 valence electrons. The van der Waals surface area contributed by atoms with Gasteiger partial charge >= 0.3 is 0 Å². The van der Waals surface area contributed by atoms with Crippen molar-refractivity contribution < 1.29 is 9.53 Å². The Balaban J connectivity index is 1.45. The van der Waals surface area contributed by atoms with Crippen molar-refractivity contribution in [1.29, 1.82) is 0 Å². The Kier molecular flexibility index (Phi) is 7.62. The summed E-state index contributed by atoms with van der Waals surface area (Å²) in [5, 5.41) is 3.98. The summed E-state index contributed by atoms with van der Waals surface area (Å²) in [5.41, 5.74) is 1.02. The first-order chi connectivity index (χ1) is 13.8. The SMILES string of the molecule is C=CCCCCCCOc1cccc(CNC(=O)c2cc3cccnc3s2)c1. The summed E-state index contributed by atoms with van der Waals surface area (Å²) >= 11 is 1.41. The molecule has 1 amide bonds. The number of nitrogens with zero attached hydrogens (tertiary/aromatic N) is 1. The molecule has 2 aromatic heterocycles. The fourth-order valence-corrected chi connectivity index (χ4v) is 3.85. The number of carbonyl (C=O) groups excluding carboxylic acids is 1. The van der Waals surface area contributed by atoms with E-state index >= 15 is 0 Å². The quantitative estimate of drug-likeness (QED) is 0.333. The van der Waals surface area contributed by atoms with Crippen LogP contribution >= 0.6 is 11.3 Å². The number of hydrogen-bond donors (Lipinski definition) is 1. The van der Waals surface area contributed by atoms with E-state index in [1.54, 1.807) is 6.20 Å². The zero-order valence-corrected chi connectivity index (χ0v) is 16.8. The van der Waals surface area contributed by atoms with Gasteiger partial charge < -0.3 is 10.1 Å². The van der Waals surface area contributed by atoms with Crippen molar-refractivity contribution in [3.8, 4) is 5.75 Å². The summed E-state index contributed by atoms with van der Waals surface area (Å²) < 4.78 is 5.85. The van der Waals surface area contributed by atoms with Crippen LogP contribution in [-0.2, 0) is 6.54 Å². The van der Waals surface area contributed by atoms with E-state index in [2.05, 4.69) is 16.9 Å². The lowest BCUT2D eigenvalue weighted by Crippen LogP contribution is -2.21. The highest BCUT2D eigenvalue weighted by Gasteiger charge is 2.10. The Bertz CT molecular complexity index is 887. The number of pyridine rings is 1. The molecule has 0 saturated carbocycles. The van der Waals surface area contributed by atoms with E-state index in [4.69, 9.17) is 4.74 Å². The third-order valence-electron chi connectivity index (χ3n) is 4.44. The molecule has 5 heteroatoms. The molecule has 2 heterocycles. The van der Waals surface area contributed by atoms with Crippen molar-refractivity contribution in [2.75, 3.05) is 6.61 Å². The lowest BCUT2D eigenvalue weighted by atomic mass is 10.1. The van der Waals surface area contributed by atoms with Crippen molar-refractivity contribution in [2.45, 2.75) is 38.6 Å². The van der Waals surface area contributed by atoms with Gasteiger partial charge in [-0.3, -0.25) is 4.79 Å². The number of unbranched alkanes of at least 4 members (excludes halogenated alkanes) is 4. The summed E-state index contributed by atoms with van der Waals surface area (Å²) in [6, 6.07) is 13.6. The minimum absolute atomic E-state index is 0.0751. The van der Waals surface area contributed by atoms with Crippen molar-refractivity contribution in [3.05, 3.63) is 71.8 Å². The van der Waals surface area contributed by atoms with E-state index in [-0.39, 0.29) is 5.91 Å². The number of ether oxygens (including phenoxy) is 1. The average Bonchev–Trinajstić information content (AvgIpc) is 3.16. The van der Waals surface area contributed by atoms with E-state index in [1.165, 1.54) is 30.6 Å². The van der Waals surface area contributed by atoms with E-state index in [1.807, 2.05) is 48.5 Å². The molecule has 0 aliphatic rings. The molecule has 0 radical (unpaired) electrons. The minimum Gasteiger partial charge on any atom is -0.494 e. The van der Waals surface area contributed by atoms with Crippen molar-refractivity contribution >= 4 is 27.5 Å². The molecule has 3 aromatic rings. The molecule has 0 unspecified atom stereocenters. The summed E-state index contributed by atoms with van der Waals surface area (Å²) in [7, 11) is 0. The van der Waals surface area contributed by atoms with Gasteiger partial charge in [0.1, 0.15) is 10.6 Å². The van der Waals surface area contributed by atoms with Crippen LogP contribution in [0.3, 0.4) is 0 Å². The van der Waals surface area contributed by atoms with Gasteiger partial charge in [-0.15, -0.1) is 17.9 Å². The highest BCUT2D eigenvalue weighted by atomic mass is 32.1. The van der Waals surface area contributed by atoms with Gasteiger partial charge in [0, 0.05) is 18.1 Å². The summed E-state index contributed by atoms with van der Waals surface area (Å²) in [6.45, 7) is 4.93. The Hall–Kier alpha value is -2.66. The predicted octanol–water partition coefficient (Wildman–Crippen LogP) is 5.74. The molecular formula is C23H26N2O2S. The third kappa shape index (κ3) is 5.92. The van der Waals surface area contributed by atoms with Crippen LogP contribution < -0.4 is 10.1 Å². The van der Waals surface area contributed by atoms with E-state index < -0.39 is 0 Å². The van der Waals surface area contributed by atoms with Gasteiger partial charge in [-0.05, 0) is 49.1 Å². The normalized spacial score (nSPS) is 10.7. The first-order valence-corrected chi connectivity index (χ1v) is 10.5. The molecule has 4 nitrogen and oxygen atoms in total. The largest absolute Gasteiger partial charge is 0.494 e. The Morgan fingerprint density at radius 3 is 2.89 bits per heavy atom. The maximum Gasteiger partial charge on any atom is 0.261 e. The Morgan fingerprint density at radius 1 is 1.14 bits per heavy atom. The number of allylic oxidation sites excluding steroid dienone is 1. The monoisotopic (exact) mass is 394 g/mol. The number of fused-ring (bicyclic) bond motifs is 1. The van der Waals surface area contributed by atoms with Crippen LogP contribution in [0.2, 0.25) is 0 Å². The average molecular weight is 395 g/mol. The van der Waals surface area contributed by atoms with Crippen LogP contribution in [0.15, 0.2) is 61.3 Å². The first kappa shape index (κ1) is 20.1. The second kappa shape index (κ2) is 10.6. The first-order valence-electron chi connectivity index (χ1n) is 9.71. The van der Waals surface area contributed by atoms with Gasteiger partial charge in [0.05, 0.1) is 11.5 Å². The number of amides is 1.